The van der Waals surface area contributed by atoms with E-state index in [1.807, 2.05) is 18.2 Å². The Morgan fingerprint density at radius 2 is 1.71 bits per heavy atom. The molecule has 2 aromatic heterocycles. The molecule has 0 bridgehead atoms. The Kier molecular flexibility index (Phi) is 6.78. The second kappa shape index (κ2) is 10.4. The molecule has 0 atom stereocenters. The summed E-state index contributed by atoms with van der Waals surface area (Å²) >= 11 is 0. The van der Waals surface area contributed by atoms with Gasteiger partial charge in [0.15, 0.2) is 0 Å². The molecule has 1 saturated carbocycles. The number of rotatable bonds is 8. The highest BCUT2D eigenvalue weighted by Crippen LogP contribution is 2.45. The number of nitrogens with one attached hydrogen (secondary N) is 1. The number of methoxy groups -OCH3 is 1. The van der Waals surface area contributed by atoms with Crippen molar-refractivity contribution in [1.82, 2.24) is 19.8 Å². The number of benzene rings is 2. The van der Waals surface area contributed by atoms with E-state index in [0.29, 0.717) is 17.5 Å². The van der Waals surface area contributed by atoms with Gasteiger partial charge in [-0.3, -0.25) is 4.90 Å². The highest BCUT2D eigenvalue weighted by Gasteiger charge is 2.34. The number of hydrogen-bond acceptors (Lipinski definition) is 8. The molecule has 2 aliphatic rings. The van der Waals surface area contributed by atoms with Crippen LogP contribution in [0.5, 0.6) is 5.88 Å². The number of likely N-dealkylation sites (N-methyl/N-ethyl adjacent to an activating group) is 1. The van der Waals surface area contributed by atoms with Crippen molar-refractivity contribution in [2.24, 2.45) is 5.73 Å². The maximum absolute atomic E-state index is 6.57. The normalized spacial score (nSPS) is 17.9. The van der Waals surface area contributed by atoms with Crippen LogP contribution in [-0.2, 0) is 5.54 Å². The van der Waals surface area contributed by atoms with E-state index >= 15 is 0 Å². The molecule has 8 heteroatoms. The van der Waals surface area contributed by atoms with Crippen molar-refractivity contribution < 1.29 is 9.15 Å². The van der Waals surface area contributed by atoms with E-state index in [-0.39, 0.29) is 5.54 Å². The van der Waals surface area contributed by atoms with E-state index < -0.39 is 0 Å². The Morgan fingerprint density at radius 3 is 2.37 bits per heavy atom. The third-order valence-corrected chi connectivity index (χ3v) is 8.05. The molecule has 2 fully saturated rings. The van der Waals surface area contributed by atoms with Crippen LogP contribution in [0.15, 0.2) is 59.0 Å². The molecule has 4 aromatic rings. The summed E-state index contributed by atoms with van der Waals surface area (Å²) in [5, 5.41) is 4.16. The molecule has 1 aliphatic carbocycles. The second-order valence-corrected chi connectivity index (χ2v) is 10.6. The van der Waals surface area contributed by atoms with Gasteiger partial charge in [-0.25, -0.2) is 0 Å². The molecule has 0 radical (unpaired) electrons. The molecule has 0 unspecified atom stereocenters. The molecule has 8 nitrogen and oxygen atoms in total. The lowest BCUT2D eigenvalue weighted by Gasteiger charge is -2.38. The van der Waals surface area contributed by atoms with E-state index in [9.17, 15) is 0 Å². The standard InChI is InChI=1S/C30H36N6O2/c1-35-17-19-36(20-18-35)16-15-32-29-33-27(37-2)25-24(21-7-4-3-5-8-21)26(38-28(25)34-29)22-9-11-23(12-10-22)30(31)13-6-14-30/h3-5,7-12H,6,13-20,31H2,1-2H3,(H,32,33,34). The van der Waals surface area contributed by atoms with Crippen molar-refractivity contribution in [3.63, 3.8) is 0 Å². The average Bonchev–Trinajstić information content (AvgIpc) is 3.32. The van der Waals surface area contributed by atoms with Gasteiger partial charge in [-0.2, -0.15) is 9.97 Å². The predicted octanol–water partition coefficient (Wildman–Crippen LogP) is 4.56. The van der Waals surface area contributed by atoms with Crippen molar-refractivity contribution in [2.45, 2.75) is 24.8 Å². The highest BCUT2D eigenvalue weighted by atomic mass is 16.5. The first-order valence-electron chi connectivity index (χ1n) is 13.5. The Labute approximate surface area is 223 Å². The van der Waals surface area contributed by atoms with Gasteiger partial charge in [0.25, 0.3) is 0 Å². The topological polar surface area (TPSA) is 92.7 Å². The van der Waals surface area contributed by atoms with Crippen LogP contribution in [0.2, 0.25) is 0 Å². The van der Waals surface area contributed by atoms with Crippen molar-refractivity contribution >= 4 is 17.0 Å². The number of aromatic nitrogens is 2. The number of furan rings is 1. The first-order chi connectivity index (χ1) is 18.5. The average molecular weight is 513 g/mol. The summed E-state index contributed by atoms with van der Waals surface area (Å²) in [6.45, 7) is 6.04. The smallest absolute Gasteiger partial charge is 0.236 e. The Hall–Kier alpha value is -3.46. The fourth-order valence-corrected chi connectivity index (χ4v) is 5.48. The Bertz CT molecular complexity index is 1390. The molecule has 1 aliphatic heterocycles. The van der Waals surface area contributed by atoms with Crippen LogP contribution in [0.3, 0.4) is 0 Å². The van der Waals surface area contributed by atoms with Crippen LogP contribution in [-0.4, -0.2) is 73.2 Å². The lowest BCUT2D eigenvalue weighted by molar-refractivity contribution is 0.158. The van der Waals surface area contributed by atoms with E-state index in [4.69, 9.17) is 24.9 Å². The number of nitrogens with zero attached hydrogens (tertiary/aromatic N) is 4. The lowest BCUT2D eigenvalue weighted by Crippen LogP contribution is -2.45. The number of piperazine rings is 1. The van der Waals surface area contributed by atoms with Gasteiger partial charge in [0.2, 0.25) is 17.5 Å². The molecule has 0 amide bonds. The quantitative estimate of drug-likeness (QED) is 0.355. The van der Waals surface area contributed by atoms with Gasteiger partial charge in [-0.1, -0.05) is 54.6 Å². The van der Waals surface area contributed by atoms with Crippen LogP contribution in [0.1, 0.15) is 24.8 Å². The Balaban J connectivity index is 1.34. The zero-order valence-corrected chi connectivity index (χ0v) is 22.2. The van der Waals surface area contributed by atoms with Crippen molar-refractivity contribution in [1.29, 1.82) is 0 Å². The van der Waals surface area contributed by atoms with E-state index in [1.54, 1.807) is 7.11 Å². The number of ether oxygens (including phenoxy) is 1. The summed E-state index contributed by atoms with van der Waals surface area (Å²) in [5.41, 5.74) is 11.0. The number of hydrogen-bond donors (Lipinski definition) is 2. The van der Waals surface area contributed by atoms with Crippen LogP contribution in [0.25, 0.3) is 33.6 Å². The molecule has 1 saturated heterocycles. The monoisotopic (exact) mass is 512 g/mol. The minimum Gasteiger partial charge on any atom is -0.480 e. The number of nitrogens with two attached hydrogens (primary N) is 1. The molecular weight excluding hydrogens is 476 g/mol. The molecule has 38 heavy (non-hydrogen) atoms. The van der Waals surface area contributed by atoms with Crippen LogP contribution < -0.4 is 15.8 Å². The third-order valence-electron chi connectivity index (χ3n) is 8.05. The maximum atomic E-state index is 6.57. The zero-order valence-electron chi connectivity index (χ0n) is 22.2. The molecular formula is C30H36N6O2. The molecule has 0 spiro atoms. The van der Waals surface area contributed by atoms with Crippen LogP contribution in [0.4, 0.5) is 5.95 Å². The van der Waals surface area contributed by atoms with Gasteiger partial charge in [0.1, 0.15) is 11.1 Å². The van der Waals surface area contributed by atoms with Gasteiger partial charge in [0, 0.05) is 55.9 Å². The van der Waals surface area contributed by atoms with Crippen molar-refractivity contribution in [3.8, 4) is 28.3 Å². The SMILES string of the molecule is COc1nc(NCCN2CCN(C)CC2)nc2oc(-c3ccc(C4(N)CCC4)cc3)c(-c3ccccc3)c12. The van der Waals surface area contributed by atoms with Crippen molar-refractivity contribution in [3.05, 3.63) is 60.2 Å². The minimum absolute atomic E-state index is 0.200. The largest absolute Gasteiger partial charge is 0.480 e. The first-order valence-corrected chi connectivity index (χ1v) is 13.5. The summed E-state index contributed by atoms with van der Waals surface area (Å²) in [6.07, 6.45) is 3.25. The van der Waals surface area contributed by atoms with E-state index in [2.05, 4.69) is 58.6 Å². The van der Waals surface area contributed by atoms with Crippen molar-refractivity contribution in [2.75, 3.05) is 58.7 Å². The Morgan fingerprint density at radius 1 is 0.974 bits per heavy atom. The van der Waals surface area contributed by atoms with Gasteiger partial charge >= 0.3 is 0 Å². The zero-order chi connectivity index (χ0) is 26.1. The van der Waals surface area contributed by atoms with Gasteiger partial charge in [0.05, 0.1) is 7.11 Å². The summed E-state index contributed by atoms with van der Waals surface area (Å²) in [5.74, 6) is 1.76. The maximum Gasteiger partial charge on any atom is 0.236 e. The van der Waals surface area contributed by atoms with E-state index in [1.165, 1.54) is 12.0 Å². The molecule has 3 N–H and O–H groups in total. The summed E-state index contributed by atoms with van der Waals surface area (Å²) in [4.78, 5) is 14.3. The van der Waals surface area contributed by atoms with Gasteiger partial charge in [-0.15, -0.1) is 0 Å². The summed E-state index contributed by atoms with van der Waals surface area (Å²) < 4.78 is 12.3. The van der Waals surface area contributed by atoms with Crippen LogP contribution in [0, 0.1) is 0 Å². The highest BCUT2D eigenvalue weighted by molar-refractivity contribution is 6.03. The molecule has 6 rings (SSSR count). The van der Waals surface area contributed by atoms with Crippen LogP contribution >= 0.6 is 0 Å². The third kappa shape index (κ3) is 4.75. The lowest BCUT2D eigenvalue weighted by atomic mass is 9.72. The van der Waals surface area contributed by atoms with Gasteiger partial charge in [-0.05, 0) is 37.4 Å². The summed E-state index contributed by atoms with van der Waals surface area (Å²) in [7, 11) is 3.81. The number of anilines is 1. The second-order valence-electron chi connectivity index (χ2n) is 10.6. The molecule has 3 heterocycles. The minimum atomic E-state index is -0.200. The van der Waals surface area contributed by atoms with E-state index in [0.717, 1.165) is 79.9 Å². The van der Waals surface area contributed by atoms with Gasteiger partial charge < -0.3 is 25.1 Å². The fraction of sp³-hybridized carbons (Fsp3) is 0.400. The number of fused-ring (bicyclic) bond motifs is 1. The summed E-state index contributed by atoms with van der Waals surface area (Å²) in [6, 6.07) is 18.7. The predicted molar refractivity (Wildman–Crippen MR) is 151 cm³/mol. The first kappa shape index (κ1) is 24.9. The molecule has 198 valence electrons. The fourth-order valence-electron chi connectivity index (χ4n) is 5.48. The molecule has 2 aromatic carbocycles.